The molecule has 0 saturated heterocycles. The van der Waals surface area contributed by atoms with Gasteiger partial charge in [-0.3, -0.25) is 0 Å². The van der Waals surface area contributed by atoms with E-state index in [1.54, 1.807) is 0 Å². The lowest BCUT2D eigenvalue weighted by molar-refractivity contribution is 0.922. The molecule has 3 aromatic rings. The summed E-state index contributed by atoms with van der Waals surface area (Å²) in [5.74, 6) is 0. The highest BCUT2D eigenvalue weighted by molar-refractivity contribution is 5.73. The van der Waals surface area contributed by atoms with E-state index in [9.17, 15) is 0 Å². The zero-order valence-electron chi connectivity index (χ0n) is 12.4. The molecule has 3 aromatic carbocycles. The second-order valence-electron chi connectivity index (χ2n) is 5.39. The van der Waals surface area contributed by atoms with Crippen molar-refractivity contribution in [1.82, 2.24) is 0 Å². The minimum atomic E-state index is 1.16. The molecule has 0 heteroatoms. The SMILES string of the molecule is CCCc1ccc(-c2cccc(-c3ccccc3)c2)cc1. The lowest BCUT2D eigenvalue weighted by Crippen LogP contribution is -1.84. The molecule has 0 heterocycles. The van der Waals surface area contributed by atoms with Crippen LogP contribution in [0.1, 0.15) is 18.9 Å². The monoisotopic (exact) mass is 272 g/mol. The molecule has 0 bridgehead atoms. The minimum absolute atomic E-state index is 1.16. The van der Waals surface area contributed by atoms with Crippen molar-refractivity contribution in [3.05, 3.63) is 84.4 Å². The highest BCUT2D eigenvalue weighted by Gasteiger charge is 2.01. The van der Waals surface area contributed by atoms with Crippen molar-refractivity contribution in [3.63, 3.8) is 0 Å². The maximum atomic E-state index is 2.27. The fourth-order valence-electron chi connectivity index (χ4n) is 2.66. The van der Waals surface area contributed by atoms with Gasteiger partial charge in [0.2, 0.25) is 0 Å². The second-order valence-corrected chi connectivity index (χ2v) is 5.39. The molecule has 21 heavy (non-hydrogen) atoms. The van der Waals surface area contributed by atoms with Crippen molar-refractivity contribution in [2.45, 2.75) is 19.8 Å². The molecule has 0 aliphatic carbocycles. The van der Waals surface area contributed by atoms with Crippen molar-refractivity contribution < 1.29 is 0 Å². The van der Waals surface area contributed by atoms with Gasteiger partial charge in [0.05, 0.1) is 0 Å². The molecule has 0 unspecified atom stereocenters. The van der Waals surface area contributed by atoms with Crippen molar-refractivity contribution in [1.29, 1.82) is 0 Å². The van der Waals surface area contributed by atoms with Crippen LogP contribution in [-0.2, 0) is 6.42 Å². The van der Waals surface area contributed by atoms with Crippen LogP contribution in [0.25, 0.3) is 22.3 Å². The van der Waals surface area contributed by atoms with Crippen LogP contribution < -0.4 is 0 Å². The van der Waals surface area contributed by atoms with Crippen LogP contribution in [-0.4, -0.2) is 0 Å². The van der Waals surface area contributed by atoms with Gasteiger partial charge in [-0.1, -0.05) is 86.1 Å². The Hall–Kier alpha value is -2.34. The van der Waals surface area contributed by atoms with Crippen LogP contribution in [0.15, 0.2) is 78.9 Å². The Bertz CT molecular complexity index is 694. The van der Waals surface area contributed by atoms with Crippen molar-refractivity contribution in [3.8, 4) is 22.3 Å². The number of hydrogen-bond acceptors (Lipinski definition) is 0. The quantitative estimate of drug-likeness (QED) is 0.548. The van der Waals surface area contributed by atoms with Crippen LogP contribution in [0.2, 0.25) is 0 Å². The van der Waals surface area contributed by atoms with Gasteiger partial charge in [-0.25, -0.2) is 0 Å². The molecule has 0 aliphatic heterocycles. The zero-order chi connectivity index (χ0) is 14.5. The third kappa shape index (κ3) is 3.22. The molecular weight excluding hydrogens is 252 g/mol. The van der Waals surface area contributed by atoms with E-state index in [0.717, 1.165) is 6.42 Å². The Morgan fingerprint density at radius 3 is 1.76 bits per heavy atom. The summed E-state index contributed by atoms with van der Waals surface area (Å²) < 4.78 is 0. The molecule has 0 aromatic heterocycles. The van der Waals surface area contributed by atoms with Crippen LogP contribution in [0.4, 0.5) is 0 Å². The van der Waals surface area contributed by atoms with Crippen molar-refractivity contribution in [2.24, 2.45) is 0 Å². The summed E-state index contributed by atoms with van der Waals surface area (Å²) in [5, 5.41) is 0. The first kappa shape index (κ1) is 13.6. The summed E-state index contributed by atoms with van der Waals surface area (Å²) in [6.07, 6.45) is 2.35. The fraction of sp³-hybridized carbons (Fsp3) is 0.143. The lowest BCUT2D eigenvalue weighted by Gasteiger charge is -2.07. The third-order valence-corrected chi connectivity index (χ3v) is 3.80. The van der Waals surface area contributed by atoms with Gasteiger partial charge in [0.15, 0.2) is 0 Å². The van der Waals surface area contributed by atoms with E-state index in [0.29, 0.717) is 0 Å². The predicted molar refractivity (Wildman–Crippen MR) is 91.3 cm³/mol. The molecule has 104 valence electrons. The fourth-order valence-corrected chi connectivity index (χ4v) is 2.66. The smallest absolute Gasteiger partial charge is 0.0178 e. The van der Waals surface area contributed by atoms with E-state index in [1.807, 2.05) is 0 Å². The summed E-state index contributed by atoms with van der Waals surface area (Å²) in [7, 11) is 0. The molecular formula is C21H20. The summed E-state index contributed by atoms with van der Waals surface area (Å²) in [6.45, 7) is 2.22. The first-order chi connectivity index (χ1) is 10.4. The van der Waals surface area contributed by atoms with Gasteiger partial charge in [-0.2, -0.15) is 0 Å². The molecule has 0 nitrogen and oxygen atoms in total. The van der Waals surface area contributed by atoms with Gasteiger partial charge < -0.3 is 0 Å². The number of aryl methyl sites for hydroxylation is 1. The number of hydrogen-bond donors (Lipinski definition) is 0. The summed E-state index contributed by atoms with van der Waals surface area (Å²) in [4.78, 5) is 0. The Morgan fingerprint density at radius 1 is 0.571 bits per heavy atom. The topological polar surface area (TPSA) is 0 Å². The van der Waals surface area contributed by atoms with Gasteiger partial charge in [-0.15, -0.1) is 0 Å². The van der Waals surface area contributed by atoms with E-state index in [1.165, 1.54) is 34.2 Å². The van der Waals surface area contributed by atoms with E-state index < -0.39 is 0 Å². The van der Waals surface area contributed by atoms with Gasteiger partial charge in [0.1, 0.15) is 0 Å². The predicted octanol–water partition coefficient (Wildman–Crippen LogP) is 5.97. The average Bonchev–Trinajstić information content (AvgIpc) is 2.57. The van der Waals surface area contributed by atoms with Crippen LogP contribution >= 0.6 is 0 Å². The van der Waals surface area contributed by atoms with E-state index in [4.69, 9.17) is 0 Å². The maximum absolute atomic E-state index is 2.27. The minimum Gasteiger partial charge on any atom is -0.0651 e. The highest BCUT2D eigenvalue weighted by atomic mass is 14.1. The van der Waals surface area contributed by atoms with Crippen molar-refractivity contribution in [2.75, 3.05) is 0 Å². The lowest BCUT2D eigenvalue weighted by atomic mass is 9.98. The normalized spacial score (nSPS) is 10.5. The third-order valence-electron chi connectivity index (χ3n) is 3.80. The molecule has 0 atom stereocenters. The highest BCUT2D eigenvalue weighted by Crippen LogP contribution is 2.26. The van der Waals surface area contributed by atoms with Gasteiger partial charge >= 0.3 is 0 Å². The molecule has 0 saturated carbocycles. The van der Waals surface area contributed by atoms with Gasteiger partial charge in [0.25, 0.3) is 0 Å². The summed E-state index contributed by atoms with van der Waals surface area (Å²) in [6, 6.07) is 28.2. The average molecular weight is 272 g/mol. The Kier molecular flexibility index (Phi) is 4.16. The van der Waals surface area contributed by atoms with E-state index in [2.05, 4.69) is 85.8 Å². The second kappa shape index (κ2) is 6.41. The largest absolute Gasteiger partial charge is 0.0651 e. The maximum Gasteiger partial charge on any atom is -0.0178 e. The standard InChI is InChI=1S/C21H20/c1-2-7-17-12-14-19(15-13-17)21-11-6-10-20(16-21)18-8-4-3-5-9-18/h3-6,8-16H,2,7H2,1H3. The molecule has 0 radical (unpaired) electrons. The molecule has 0 spiro atoms. The summed E-state index contributed by atoms with van der Waals surface area (Å²) >= 11 is 0. The number of rotatable bonds is 4. The van der Waals surface area contributed by atoms with Crippen molar-refractivity contribution >= 4 is 0 Å². The Balaban J connectivity index is 1.92. The molecule has 0 N–H and O–H groups in total. The zero-order valence-corrected chi connectivity index (χ0v) is 12.4. The molecule has 3 rings (SSSR count). The van der Waals surface area contributed by atoms with Gasteiger partial charge in [-0.05, 0) is 40.3 Å². The molecule has 0 amide bonds. The first-order valence-electron chi connectivity index (χ1n) is 7.61. The Morgan fingerprint density at radius 2 is 1.14 bits per heavy atom. The first-order valence-corrected chi connectivity index (χ1v) is 7.61. The Labute approximate surface area is 127 Å². The van der Waals surface area contributed by atoms with E-state index >= 15 is 0 Å². The number of benzene rings is 3. The summed E-state index contributed by atoms with van der Waals surface area (Å²) in [5.41, 5.74) is 6.51. The van der Waals surface area contributed by atoms with Crippen LogP contribution in [0.5, 0.6) is 0 Å². The van der Waals surface area contributed by atoms with Crippen LogP contribution in [0.3, 0.4) is 0 Å². The van der Waals surface area contributed by atoms with E-state index in [-0.39, 0.29) is 0 Å². The van der Waals surface area contributed by atoms with Crippen LogP contribution in [0, 0.1) is 0 Å². The molecule has 0 fully saturated rings. The molecule has 0 aliphatic rings. The van der Waals surface area contributed by atoms with Gasteiger partial charge in [0, 0.05) is 0 Å².